The van der Waals surface area contributed by atoms with E-state index in [1.807, 2.05) is 19.1 Å². The van der Waals surface area contributed by atoms with Gasteiger partial charge < -0.3 is 10.0 Å². The number of aryl methyl sites for hydroxylation is 1. The van der Waals surface area contributed by atoms with E-state index in [4.69, 9.17) is 0 Å². The summed E-state index contributed by atoms with van der Waals surface area (Å²) in [6.07, 6.45) is 0. The standard InChI is InChI=1S/C13H13N3O2/c1-7-10-11(15-14-7)13(18)16(2)12(10)8-3-5-9(17)6-4-8/h3-6,12,17H,1-2H3,(H,14,15)/t12-/m1/s1. The van der Waals surface area contributed by atoms with Crippen molar-refractivity contribution < 1.29 is 9.90 Å². The van der Waals surface area contributed by atoms with Crippen LogP contribution in [0, 0.1) is 6.92 Å². The molecule has 5 heteroatoms. The third-order valence-corrected chi connectivity index (χ3v) is 3.39. The Morgan fingerprint density at radius 2 is 2.00 bits per heavy atom. The maximum absolute atomic E-state index is 12.1. The molecule has 1 aromatic heterocycles. The number of phenols is 1. The lowest BCUT2D eigenvalue weighted by atomic mass is 9.99. The Labute approximate surface area is 104 Å². The van der Waals surface area contributed by atoms with E-state index >= 15 is 0 Å². The Hall–Kier alpha value is -2.30. The van der Waals surface area contributed by atoms with Gasteiger partial charge in [-0.15, -0.1) is 0 Å². The van der Waals surface area contributed by atoms with Gasteiger partial charge in [-0.3, -0.25) is 9.89 Å². The maximum Gasteiger partial charge on any atom is 0.275 e. The van der Waals surface area contributed by atoms with Crippen molar-refractivity contribution in [3.05, 3.63) is 46.8 Å². The van der Waals surface area contributed by atoms with Crippen LogP contribution in [0.4, 0.5) is 0 Å². The summed E-state index contributed by atoms with van der Waals surface area (Å²) >= 11 is 0. The summed E-state index contributed by atoms with van der Waals surface area (Å²) < 4.78 is 0. The second kappa shape index (κ2) is 3.60. The Balaban J connectivity index is 2.14. The minimum absolute atomic E-state index is 0.0765. The molecule has 92 valence electrons. The van der Waals surface area contributed by atoms with Crippen LogP contribution in [-0.4, -0.2) is 33.2 Å². The third-order valence-electron chi connectivity index (χ3n) is 3.39. The fourth-order valence-electron chi connectivity index (χ4n) is 2.46. The highest BCUT2D eigenvalue weighted by Gasteiger charge is 2.39. The molecule has 0 fully saturated rings. The lowest BCUT2D eigenvalue weighted by Crippen LogP contribution is -2.24. The highest BCUT2D eigenvalue weighted by atomic mass is 16.3. The number of carbonyl (C=O) groups is 1. The van der Waals surface area contributed by atoms with Crippen molar-refractivity contribution in [2.24, 2.45) is 0 Å². The number of fused-ring (bicyclic) bond motifs is 1. The highest BCUT2D eigenvalue weighted by Crippen LogP contribution is 2.38. The van der Waals surface area contributed by atoms with Crippen LogP contribution in [0.25, 0.3) is 0 Å². The van der Waals surface area contributed by atoms with Gasteiger partial charge in [-0.25, -0.2) is 0 Å². The minimum Gasteiger partial charge on any atom is -0.508 e. The number of hydrogen-bond acceptors (Lipinski definition) is 3. The van der Waals surface area contributed by atoms with Crippen molar-refractivity contribution in [2.45, 2.75) is 13.0 Å². The van der Waals surface area contributed by atoms with Gasteiger partial charge in [0.25, 0.3) is 5.91 Å². The van der Waals surface area contributed by atoms with Crippen LogP contribution in [-0.2, 0) is 0 Å². The van der Waals surface area contributed by atoms with Crippen LogP contribution in [0.2, 0.25) is 0 Å². The second-order valence-corrected chi connectivity index (χ2v) is 4.52. The van der Waals surface area contributed by atoms with E-state index < -0.39 is 0 Å². The number of benzene rings is 1. The smallest absolute Gasteiger partial charge is 0.275 e. The van der Waals surface area contributed by atoms with E-state index in [0.717, 1.165) is 16.8 Å². The number of aromatic amines is 1. The number of rotatable bonds is 1. The first-order valence-electron chi connectivity index (χ1n) is 5.70. The first-order chi connectivity index (χ1) is 8.59. The van der Waals surface area contributed by atoms with Gasteiger partial charge in [0.1, 0.15) is 5.75 Å². The van der Waals surface area contributed by atoms with Gasteiger partial charge in [0, 0.05) is 18.3 Å². The molecule has 2 aromatic rings. The van der Waals surface area contributed by atoms with E-state index in [1.165, 1.54) is 0 Å². The molecule has 18 heavy (non-hydrogen) atoms. The molecule has 1 amide bonds. The molecular weight excluding hydrogens is 230 g/mol. The number of hydrogen-bond donors (Lipinski definition) is 2. The number of nitrogens with one attached hydrogen (secondary N) is 1. The monoisotopic (exact) mass is 243 g/mol. The average Bonchev–Trinajstić information content (AvgIpc) is 2.84. The number of aromatic hydroxyl groups is 1. The topological polar surface area (TPSA) is 69.2 Å². The van der Waals surface area contributed by atoms with Crippen LogP contribution in [0.3, 0.4) is 0 Å². The summed E-state index contributed by atoms with van der Waals surface area (Å²) in [5.41, 5.74) is 3.29. The van der Waals surface area contributed by atoms with Gasteiger partial charge >= 0.3 is 0 Å². The molecule has 0 saturated carbocycles. The molecule has 0 aliphatic carbocycles. The zero-order valence-electron chi connectivity index (χ0n) is 10.1. The Morgan fingerprint density at radius 1 is 1.33 bits per heavy atom. The number of amides is 1. The van der Waals surface area contributed by atoms with Crippen molar-refractivity contribution in [2.75, 3.05) is 7.05 Å². The Bertz CT molecular complexity index is 616. The van der Waals surface area contributed by atoms with Crippen molar-refractivity contribution in [1.82, 2.24) is 15.1 Å². The van der Waals surface area contributed by atoms with Crippen LogP contribution < -0.4 is 0 Å². The number of carbonyl (C=O) groups excluding carboxylic acids is 1. The molecule has 3 rings (SSSR count). The van der Waals surface area contributed by atoms with Gasteiger partial charge in [-0.1, -0.05) is 12.1 Å². The van der Waals surface area contributed by atoms with Crippen molar-refractivity contribution in [3.8, 4) is 5.75 Å². The first kappa shape index (κ1) is 10.8. The van der Waals surface area contributed by atoms with E-state index in [1.54, 1.807) is 24.1 Å². The van der Waals surface area contributed by atoms with E-state index in [-0.39, 0.29) is 17.7 Å². The minimum atomic E-state index is -0.133. The van der Waals surface area contributed by atoms with Gasteiger partial charge in [0.05, 0.1) is 6.04 Å². The molecular formula is C13H13N3O2. The Kier molecular flexibility index (Phi) is 2.16. The number of H-pyrrole nitrogens is 1. The molecule has 0 bridgehead atoms. The van der Waals surface area contributed by atoms with Crippen LogP contribution in [0.5, 0.6) is 5.75 Å². The van der Waals surface area contributed by atoms with Crippen molar-refractivity contribution >= 4 is 5.91 Å². The molecule has 0 saturated heterocycles. The number of nitrogens with zero attached hydrogens (tertiary/aromatic N) is 2. The molecule has 0 radical (unpaired) electrons. The van der Waals surface area contributed by atoms with Gasteiger partial charge in [-0.05, 0) is 24.6 Å². The molecule has 1 atom stereocenters. The summed E-state index contributed by atoms with van der Waals surface area (Å²) in [5.74, 6) is 0.141. The lowest BCUT2D eigenvalue weighted by molar-refractivity contribution is 0.0787. The summed E-state index contributed by atoms with van der Waals surface area (Å²) in [7, 11) is 1.76. The lowest BCUT2D eigenvalue weighted by Gasteiger charge is -2.21. The summed E-state index contributed by atoms with van der Waals surface area (Å²) in [6.45, 7) is 1.91. The van der Waals surface area contributed by atoms with Crippen molar-refractivity contribution in [1.29, 1.82) is 0 Å². The Morgan fingerprint density at radius 3 is 2.67 bits per heavy atom. The van der Waals surface area contributed by atoms with E-state index in [2.05, 4.69) is 10.2 Å². The molecule has 0 unspecified atom stereocenters. The predicted molar refractivity (Wildman–Crippen MR) is 65.4 cm³/mol. The first-order valence-corrected chi connectivity index (χ1v) is 5.70. The SMILES string of the molecule is Cc1[nH]nc2c1[C@@H](c1ccc(O)cc1)N(C)C2=O. The zero-order chi connectivity index (χ0) is 12.9. The van der Waals surface area contributed by atoms with Crippen molar-refractivity contribution in [3.63, 3.8) is 0 Å². The van der Waals surface area contributed by atoms with E-state index in [9.17, 15) is 9.90 Å². The van der Waals surface area contributed by atoms with E-state index in [0.29, 0.717) is 5.69 Å². The summed E-state index contributed by atoms with van der Waals surface area (Å²) in [4.78, 5) is 13.7. The molecule has 0 spiro atoms. The molecule has 2 N–H and O–H groups in total. The quantitative estimate of drug-likeness (QED) is 0.799. The number of phenolic OH excluding ortho intramolecular Hbond substituents is 1. The summed E-state index contributed by atoms with van der Waals surface area (Å²) in [6, 6.07) is 6.77. The van der Waals surface area contributed by atoms with Gasteiger partial charge in [-0.2, -0.15) is 5.10 Å². The summed E-state index contributed by atoms with van der Waals surface area (Å²) in [5, 5.41) is 16.2. The van der Waals surface area contributed by atoms with Crippen LogP contribution in [0.15, 0.2) is 24.3 Å². The fraction of sp³-hybridized carbons (Fsp3) is 0.231. The average molecular weight is 243 g/mol. The fourth-order valence-corrected chi connectivity index (χ4v) is 2.46. The molecule has 1 aliphatic heterocycles. The molecule has 2 heterocycles. The second-order valence-electron chi connectivity index (χ2n) is 4.52. The van der Waals surface area contributed by atoms with Gasteiger partial charge in [0.2, 0.25) is 0 Å². The molecule has 5 nitrogen and oxygen atoms in total. The predicted octanol–water partition coefficient (Wildman–Crippen LogP) is 1.60. The largest absolute Gasteiger partial charge is 0.508 e. The normalized spacial score (nSPS) is 18.2. The van der Waals surface area contributed by atoms with Gasteiger partial charge in [0.15, 0.2) is 5.69 Å². The molecule has 1 aromatic carbocycles. The number of aromatic nitrogens is 2. The maximum atomic E-state index is 12.1. The zero-order valence-corrected chi connectivity index (χ0v) is 10.1. The molecule has 1 aliphatic rings. The third kappa shape index (κ3) is 1.33. The van der Waals surface area contributed by atoms with Crippen LogP contribution >= 0.6 is 0 Å². The van der Waals surface area contributed by atoms with Crippen LogP contribution in [0.1, 0.15) is 33.4 Å². The highest BCUT2D eigenvalue weighted by molar-refractivity contribution is 5.98.